The van der Waals surface area contributed by atoms with Gasteiger partial charge in [-0.3, -0.25) is 10.2 Å². The molecule has 0 saturated carbocycles. The van der Waals surface area contributed by atoms with Crippen molar-refractivity contribution in [3.05, 3.63) is 0 Å². The lowest BCUT2D eigenvalue weighted by Crippen LogP contribution is -2.37. The van der Waals surface area contributed by atoms with Crippen LogP contribution in [0.25, 0.3) is 0 Å². The van der Waals surface area contributed by atoms with Crippen molar-refractivity contribution in [3.63, 3.8) is 0 Å². The molecule has 0 radical (unpaired) electrons. The van der Waals surface area contributed by atoms with Gasteiger partial charge in [0.15, 0.2) is 6.35 Å². The molecule has 3 nitrogen and oxygen atoms in total. The Hall–Kier alpha value is -0.120. The molecule has 1 aliphatic rings. The van der Waals surface area contributed by atoms with Crippen LogP contribution < -0.4 is 5.32 Å². The topological polar surface area (TPSA) is 24.5 Å². The zero-order valence-corrected chi connectivity index (χ0v) is 6.92. The monoisotopic (exact) mass is 144 g/mol. The average molecular weight is 144 g/mol. The van der Waals surface area contributed by atoms with Gasteiger partial charge in [-0.2, -0.15) is 0 Å². The van der Waals surface area contributed by atoms with Gasteiger partial charge in [0, 0.05) is 13.1 Å². The van der Waals surface area contributed by atoms with Crippen LogP contribution in [-0.4, -0.2) is 37.5 Å². The first-order valence-corrected chi connectivity index (χ1v) is 3.79. The molecule has 0 aliphatic carbocycles. The van der Waals surface area contributed by atoms with E-state index in [1.807, 2.05) is 13.8 Å². The van der Waals surface area contributed by atoms with Crippen molar-refractivity contribution < 1.29 is 4.74 Å². The van der Waals surface area contributed by atoms with Crippen molar-refractivity contribution >= 4 is 0 Å². The molecule has 1 rings (SSSR count). The lowest BCUT2D eigenvalue weighted by molar-refractivity contribution is -0.0694. The van der Waals surface area contributed by atoms with Crippen LogP contribution in [0.1, 0.15) is 13.8 Å². The second kappa shape index (κ2) is 3.32. The highest BCUT2D eigenvalue weighted by Gasteiger charge is 2.20. The Balaban J connectivity index is 2.26. The molecule has 1 atom stereocenters. The van der Waals surface area contributed by atoms with Gasteiger partial charge in [-0.15, -0.1) is 0 Å². The van der Waals surface area contributed by atoms with Crippen molar-refractivity contribution in [1.82, 2.24) is 10.2 Å². The second-order valence-corrected chi connectivity index (χ2v) is 2.97. The third-order valence-corrected chi connectivity index (χ3v) is 1.58. The van der Waals surface area contributed by atoms with E-state index in [4.69, 9.17) is 4.74 Å². The Morgan fingerprint density at radius 3 is 2.70 bits per heavy atom. The number of hydrogen-bond acceptors (Lipinski definition) is 3. The van der Waals surface area contributed by atoms with E-state index in [0.717, 1.165) is 13.1 Å². The maximum absolute atomic E-state index is 5.54. The van der Waals surface area contributed by atoms with E-state index >= 15 is 0 Å². The Labute approximate surface area is 62.3 Å². The zero-order valence-electron chi connectivity index (χ0n) is 6.92. The summed E-state index contributed by atoms with van der Waals surface area (Å²) in [6.45, 7) is 6.22. The minimum Gasteiger partial charge on any atom is -0.347 e. The molecule has 0 aromatic heterocycles. The third kappa shape index (κ3) is 1.94. The maximum Gasteiger partial charge on any atom is 0.166 e. The Morgan fingerprint density at radius 2 is 2.30 bits per heavy atom. The molecule has 1 fully saturated rings. The Bertz CT molecular complexity index is 106. The van der Waals surface area contributed by atoms with Crippen molar-refractivity contribution in [2.75, 3.05) is 20.1 Å². The first-order valence-electron chi connectivity index (χ1n) is 3.79. The standard InChI is InChI=1S/C7H16N2O/c1-6(2)10-7-8-4-5-9(7)3/h6-8H,4-5H2,1-3H3. The first kappa shape index (κ1) is 7.98. The highest BCUT2D eigenvalue weighted by atomic mass is 16.5. The largest absolute Gasteiger partial charge is 0.347 e. The molecular weight excluding hydrogens is 128 g/mol. The molecular formula is C7H16N2O. The van der Waals surface area contributed by atoms with Gasteiger partial charge in [0.25, 0.3) is 0 Å². The molecule has 1 unspecified atom stereocenters. The summed E-state index contributed by atoms with van der Waals surface area (Å²) < 4.78 is 5.54. The van der Waals surface area contributed by atoms with Crippen LogP contribution in [0, 0.1) is 0 Å². The van der Waals surface area contributed by atoms with Gasteiger partial charge < -0.3 is 4.74 Å². The van der Waals surface area contributed by atoms with Gasteiger partial charge in [0.05, 0.1) is 6.10 Å². The lowest BCUT2D eigenvalue weighted by Gasteiger charge is -2.21. The van der Waals surface area contributed by atoms with Crippen LogP contribution in [0.4, 0.5) is 0 Å². The summed E-state index contributed by atoms with van der Waals surface area (Å²) >= 11 is 0. The molecule has 1 N–H and O–H groups in total. The van der Waals surface area contributed by atoms with E-state index in [2.05, 4.69) is 17.3 Å². The number of nitrogens with zero attached hydrogens (tertiary/aromatic N) is 1. The smallest absolute Gasteiger partial charge is 0.166 e. The van der Waals surface area contributed by atoms with E-state index < -0.39 is 0 Å². The van der Waals surface area contributed by atoms with E-state index in [0.29, 0.717) is 6.10 Å². The SMILES string of the molecule is CC(C)OC1NCCN1C. The molecule has 1 saturated heterocycles. The molecule has 0 bridgehead atoms. The fourth-order valence-electron chi connectivity index (χ4n) is 1.05. The quantitative estimate of drug-likeness (QED) is 0.600. The van der Waals surface area contributed by atoms with Crippen LogP contribution in [0.2, 0.25) is 0 Å². The van der Waals surface area contributed by atoms with Crippen molar-refractivity contribution in [2.45, 2.75) is 26.3 Å². The lowest BCUT2D eigenvalue weighted by atomic mass is 10.5. The number of likely N-dealkylation sites (N-methyl/N-ethyl adjacent to an activating group) is 1. The van der Waals surface area contributed by atoms with Gasteiger partial charge >= 0.3 is 0 Å². The number of ether oxygens (including phenoxy) is 1. The summed E-state index contributed by atoms with van der Waals surface area (Å²) in [5, 5.41) is 3.24. The first-order chi connectivity index (χ1) is 4.70. The summed E-state index contributed by atoms with van der Waals surface area (Å²) in [6.07, 6.45) is 0.443. The summed E-state index contributed by atoms with van der Waals surface area (Å²) in [5.74, 6) is 0. The second-order valence-electron chi connectivity index (χ2n) is 2.97. The normalized spacial score (nSPS) is 28.2. The number of hydrogen-bond donors (Lipinski definition) is 1. The van der Waals surface area contributed by atoms with Crippen molar-refractivity contribution in [1.29, 1.82) is 0 Å². The highest BCUT2D eigenvalue weighted by Crippen LogP contribution is 2.03. The van der Waals surface area contributed by atoms with E-state index in [1.54, 1.807) is 0 Å². The van der Waals surface area contributed by atoms with Gasteiger partial charge in [0.1, 0.15) is 0 Å². The van der Waals surface area contributed by atoms with Crippen molar-refractivity contribution in [2.24, 2.45) is 0 Å². The highest BCUT2D eigenvalue weighted by molar-refractivity contribution is 4.67. The third-order valence-electron chi connectivity index (χ3n) is 1.58. The van der Waals surface area contributed by atoms with Gasteiger partial charge in [-0.1, -0.05) is 0 Å². The van der Waals surface area contributed by atoms with E-state index in [9.17, 15) is 0 Å². The minimum atomic E-state index is 0.139. The van der Waals surface area contributed by atoms with E-state index in [1.165, 1.54) is 0 Å². The molecule has 0 aromatic carbocycles. The van der Waals surface area contributed by atoms with Crippen molar-refractivity contribution in [3.8, 4) is 0 Å². The van der Waals surface area contributed by atoms with Crippen LogP contribution in [0.3, 0.4) is 0 Å². The predicted octanol–water partition coefficient (Wildman–Crippen LogP) is 0.230. The summed E-state index contributed by atoms with van der Waals surface area (Å²) in [6, 6.07) is 0. The van der Waals surface area contributed by atoms with Crippen LogP contribution in [-0.2, 0) is 4.74 Å². The molecule has 0 spiro atoms. The van der Waals surface area contributed by atoms with E-state index in [-0.39, 0.29) is 6.35 Å². The molecule has 1 heterocycles. The maximum atomic E-state index is 5.54. The van der Waals surface area contributed by atoms with Gasteiger partial charge in [-0.25, -0.2) is 0 Å². The minimum absolute atomic E-state index is 0.139. The molecule has 3 heteroatoms. The molecule has 0 aromatic rings. The molecule has 1 aliphatic heterocycles. The zero-order chi connectivity index (χ0) is 7.56. The predicted molar refractivity (Wildman–Crippen MR) is 40.6 cm³/mol. The summed E-state index contributed by atoms with van der Waals surface area (Å²) in [5.41, 5.74) is 0. The fourth-order valence-corrected chi connectivity index (χ4v) is 1.05. The average Bonchev–Trinajstić information content (AvgIpc) is 2.15. The Kier molecular flexibility index (Phi) is 2.65. The number of nitrogens with one attached hydrogen (secondary N) is 1. The molecule has 10 heavy (non-hydrogen) atoms. The summed E-state index contributed by atoms with van der Waals surface area (Å²) in [7, 11) is 2.06. The van der Waals surface area contributed by atoms with Crippen LogP contribution in [0.5, 0.6) is 0 Å². The molecule has 0 amide bonds. The fraction of sp³-hybridized carbons (Fsp3) is 1.00. The van der Waals surface area contributed by atoms with Gasteiger partial charge in [0.2, 0.25) is 0 Å². The number of rotatable bonds is 2. The summed E-state index contributed by atoms with van der Waals surface area (Å²) in [4.78, 5) is 2.17. The Morgan fingerprint density at radius 1 is 1.60 bits per heavy atom. The van der Waals surface area contributed by atoms with Crippen LogP contribution >= 0.6 is 0 Å². The van der Waals surface area contributed by atoms with Gasteiger partial charge in [-0.05, 0) is 20.9 Å². The van der Waals surface area contributed by atoms with Crippen LogP contribution in [0.15, 0.2) is 0 Å². The molecule has 60 valence electrons.